The highest BCUT2D eigenvalue weighted by Crippen LogP contribution is 2.34. The van der Waals surface area contributed by atoms with Crippen LogP contribution in [0.1, 0.15) is 16.7 Å². The number of hydrogen-bond donors (Lipinski definition) is 1. The van der Waals surface area contributed by atoms with Gasteiger partial charge in [-0.3, -0.25) is 13.9 Å². The van der Waals surface area contributed by atoms with Crippen LogP contribution in [0.4, 0.5) is 5.69 Å². The summed E-state index contributed by atoms with van der Waals surface area (Å²) in [5, 5.41) is 2.69. The standard InChI is InChI=1S/C34H37N3O6S/c1-25-15-18-29(19-16-25)44(40,41)37(28-17-20-31(42-3)32(22-28)43-4)24-33(38)36(23-27-13-9-6-10-14-27)30(34(39)35-2)21-26-11-7-5-8-12-26/h5-20,22,30H,21,23-24H2,1-4H3,(H,35,39)/t30-/m1/s1. The Kier molecular flexibility index (Phi) is 10.6. The number of nitrogens with one attached hydrogen (secondary N) is 1. The number of rotatable bonds is 13. The van der Waals surface area contributed by atoms with Gasteiger partial charge in [0.25, 0.3) is 10.0 Å². The van der Waals surface area contributed by atoms with Gasteiger partial charge in [0.2, 0.25) is 11.8 Å². The van der Waals surface area contributed by atoms with Crippen molar-refractivity contribution in [2.75, 3.05) is 32.1 Å². The lowest BCUT2D eigenvalue weighted by Gasteiger charge is -2.33. The summed E-state index contributed by atoms with van der Waals surface area (Å²) in [6, 6.07) is 28.8. The molecule has 0 saturated carbocycles. The van der Waals surface area contributed by atoms with Crippen molar-refractivity contribution in [1.29, 1.82) is 0 Å². The maximum Gasteiger partial charge on any atom is 0.264 e. The summed E-state index contributed by atoms with van der Waals surface area (Å²) in [5.41, 5.74) is 2.75. The molecule has 2 amide bonds. The molecule has 0 heterocycles. The first-order chi connectivity index (χ1) is 21.2. The summed E-state index contributed by atoms with van der Waals surface area (Å²) in [6.07, 6.45) is 0.236. The van der Waals surface area contributed by atoms with Gasteiger partial charge in [-0.15, -0.1) is 0 Å². The number of aryl methyl sites for hydroxylation is 1. The first-order valence-electron chi connectivity index (χ1n) is 14.1. The molecule has 0 bridgehead atoms. The van der Waals surface area contributed by atoms with Crippen molar-refractivity contribution in [2.45, 2.75) is 30.8 Å². The molecule has 4 rings (SSSR count). The van der Waals surface area contributed by atoms with Gasteiger partial charge >= 0.3 is 0 Å². The van der Waals surface area contributed by atoms with Crippen LogP contribution in [0.25, 0.3) is 0 Å². The molecule has 230 valence electrons. The molecule has 0 fully saturated rings. The van der Waals surface area contributed by atoms with Crippen molar-refractivity contribution in [3.05, 3.63) is 120 Å². The second-order valence-electron chi connectivity index (χ2n) is 10.2. The molecule has 0 aliphatic carbocycles. The molecule has 0 aliphatic heterocycles. The quantitative estimate of drug-likeness (QED) is 0.236. The predicted octanol–water partition coefficient (Wildman–Crippen LogP) is 4.59. The Morgan fingerprint density at radius 3 is 1.95 bits per heavy atom. The van der Waals surface area contributed by atoms with E-state index < -0.39 is 28.5 Å². The van der Waals surface area contributed by atoms with Gasteiger partial charge in [-0.1, -0.05) is 78.4 Å². The van der Waals surface area contributed by atoms with E-state index in [1.165, 1.54) is 44.4 Å². The normalized spacial score (nSPS) is 11.7. The Hall–Kier alpha value is -4.83. The van der Waals surface area contributed by atoms with Gasteiger partial charge < -0.3 is 19.7 Å². The van der Waals surface area contributed by atoms with E-state index >= 15 is 0 Å². The van der Waals surface area contributed by atoms with Crippen molar-refractivity contribution in [3.8, 4) is 11.5 Å². The van der Waals surface area contributed by atoms with E-state index in [4.69, 9.17) is 9.47 Å². The predicted molar refractivity (Wildman–Crippen MR) is 170 cm³/mol. The molecule has 1 atom stereocenters. The molecule has 44 heavy (non-hydrogen) atoms. The van der Waals surface area contributed by atoms with Crippen LogP contribution in [-0.2, 0) is 32.6 Å². The van der Waals surface area contributed by atoms with Crippen LogP contribution in [0.3, 0.4) is 0 Å². The molecule has 0 radical (unpaired) electrons. The number of carbonyl (C=O) groups is 2. The van der Waals surface area contributed by atoms with Crippen LogP contribution < -0.4 is 19.1 Å². The molecule has 1 N–H and O–H groups in total. The highest BCUT2D eigenvalue weighted by molar-refractivity contribution is 7.92. The van der Waals surface area contributed by atoms with Gasteiger partial charge in [-0.05, 0) is 42.3 Å². The van der Waals surface area contributed by atoms with E-state index in [0.717, 1.165) is 21.0 Å². The van der Waals surface area contributed by atoms with E-state index in [9.17, 15) is 18.0 Å². The third kappa shape index (κ3) is 7.57. The minimum atomic E-state index is -4.24. The lowest BCUT2D eigenvalue weighted by Crippen LogP contribution is -2.53. The fraction of sp³-hybridized carbons (Fsp3) is 0.235. The number of sulfonamides is 1. The molecular weight excluding hydrogens is 578 g/mol. The zero-order valence-corrected chi connectivity index (χ0v) is 26.1. The van der Waals surface area contributed by atoms with Gasteiger partial charge in [-0.2, -0.15) is 0 Å². The highest BCUT2D eigenvalue weighted by atomic mass is 32.2. The van der Waals surface area contributed by atoms with Crippen molar-refractivity contribution in [2.24, 2.45) is 0 Å². The molecule has 0 saturated heterocycles. The summed E-state index contributed by atoms with van der Waals surface area (Å²) in [5.74, 6) is -0.209. The zero-order chi connectivity index (χ0) is 31.7. The van der Waals surface area contributed by atoms with E-state index in [0.29, 0.717) is 11.5 Å². The third-order valence-corrected chi connectivity index (χ3v) is 9.04. The molecule has 0 aromatic heterocycles. The van der Waals surface area contributed by atoms with Crippen LogP contribution in [0, 0.1) is 6.92 Å². The number of hydrogen-bond acceptors (Lipinski definition) is 6. The van der Waals surface area contributed by atoms with Crippen molar-refractivity contribution < 1.29 is 27.5 Å². The summed E-state index contributed by atoms with van der Waals surface area (Å²) < 4.78 is 40.2. The lowest BCUT2D eigenvalue weighted by atomic mass is 10.0. The van der Waals surface area contributed by atoms with Crippen LogP contribution in [0.5, 0.6) is 11.5 Å². The van der Waals surface area contributed by atoms with E-state index in [1.54, 1.807) is 24.3 Å². The lowest BCUT2D eigenvalue weighted by molar-refractivity contribution is -0.139. The average Bonchev–Trinajstić information content (AvgIpc) is 3.05. The number of anilines is 1. The number of benzene rings is 4. The average molecular weight is 616 g/mol. The number of carbonyl (C=O) groups excluding carboxylic acids is 2. The molecule has 0 spiro atoms. The van der Waals surface area contributed by atoms with Crippen LogP contribution in [0.2, 0.25) is 0 Å². The van der Waals surface area contributed by atoms with Gasteiger partial charge in [-0.25, -0.2) is 8.42 Å². The second kappa shape index (κ2) is 14.6. The smallest absolute Gasteiger partial charge is 0.264 e. The maximum atomic E-state index is 14.4. The van der Waals surface area contributed by atoms with E-state index in [2.05, 4.69) is 5.32 Å². The van der Waals surface area contributed by atoms with E-state index in [1.807, 2.05) is 67.6 Å². The number of likely N-dealkylation sites (N-methyl/N-ethyl adjacent to an activating group) is 1. The summed E-state index contributed by atoms with van der Waals surface area (Å²) >= 11 is 0. The van der Waals surface area contributed by atoms with Crippen LogP contribution in [0.15, 0.2) is 108 Å². The van der Waals surface area contributed by atoms with Crippen molar-refractivity contribution in [1.82, 2.24) is 10.2 Å². The summed E-state index contributed by atoms with van der Waals surface area (Å²) in [4.78, 5) is 29.2. The van der Waals surface area contributed by atoms with E-state index in [-0.39, 0.29) is 29.5 Å². The summed E-state index contributed by atoms with van der Waals surface area (Å²) in [7, 11) is 0.209. The first kappa shape index (κ1) is 32.1. The molecule has 9 nitrogen and oxygen atoms in total. The third-order valence-electron chi connectivity index (χ3n) is 7.26. The topological polar surface area (TPSA) is 105 Å². The molecular formula is C34H37N3O6S. The van der Waals surface area contributed by atoms with Crippen molar-refractivity contribution in [3.63, 3.8) is 0 Å². The Morgan fingerprint density at radius 1 is 0.795 bits per heavy atom. The van der Waals surface area contributed by atoms with Gasteiger partial charge in [0.15, 0.2) is 11.5 Å². The van der Waals surface area contributed by atoms with Crippen LogP contribution >= 0.6 is 0 Å². The van der Waals surface area contributed by atoms with Gasteiger partial charge in [0.05, 0.1) is 24.8 Å². The minimum absolute atomic E-state index is 0.0208. The Morgan fingerprint density at radius 2 is 1.39 bits per heavy atom. The van der Waals surface area contributed by atoms with Gasteiger partial charge in [0, 0.05) is 26.1 Å². The van der Waals surface area contributed by atoms with Gasteiger partial charge in [0.1, 0.15) is 12.6 Å². The number of methoxy groups -OCH3 is 2. The Bertz CT molecular complexity index is 1660. The number of ether oxygens (including phenoxy) is 2. The van der Waals surface area contributed by atoms with Crippen LogP contribution in [-0.4, -0.2) is 59.0 Å². The molecule has 0 unspecified atom stereocenters. The first-order valence-corrected chi connectivity index (χ1v) is 15.5. The minimum Gasteiger partial charge on any atom is -0.493 e. The van der Waals surface area contributed by atoms with Crippen molar-refractivity contribution >= 4 is 27.5 Å². The SMILES string of the molecule is CNC(=O)[C@@H](Cc1ccccc1)N(Cc1ccccc1)C(=O)CN(c1ccc(OC)c(OC)c1)S(=O)(=O)c1ccc(C)cc1. The largest absolute Gasteiger partial charge is 0.493 e. The fourth-order valence-electron chi connectivity index (χ4n) is 4.85. The number of nitrogens with zero attached hydrogens (tertiary/aromatic N) is 2. The fourth-order valence-corrected chi connectivity index (χ4v) is 6.25. The molecule has 4 aromatic carbocycles. The molecule has 4 aromatic rings. The maximum absolute atomic E-state index is 14.4. The Balaban J connectivity index is 1.81. The monoisotopic (exact) mass is 615 g/mol. The highest BCUT2D eigenvalue weighted by Gasteiger charge is 2.34. The molecule has 10 heteroatoms. The molecule has 0 aliphatic rings. The second-order valence-corrected chi connectivity index (χ2v) is 12.1. The zero-order valence-electron chi connectivity index (χ0n) is 25.3. The Labute approximate surface area is 259 Å². The summed E-state index contributed by atoms with van der Waals surface area (Å²) in [6.45, 7) is 1.38. The number of amides is 2.